The summed E-state index contributed by atoms with van der Waals surface area (Å²) in [7, 11) is 2.28. The summed E-state index contributed by atoms with van der Waals surface area (Å²) in [6.07, 6.45) is 10.5. The number of aromatic nitrogens is 1. The van der Waals surface area contributed by atoms with Crippen molar-refractivity contribution in [2.24, 2.45) is 5.92 Å². The van der Waals surface area contributed by atoms with Gasteiger partial charge >= 0.3 is 0 Å². The molecular weight excluding hydrogens is 208 g/mol. The third-order valence-corrected chi connectivity index (χ3v) is 4.11. The number of likely N-dealkylation sites (N-methyl/N-ethyl adjacent to an activating group) is 1. The van der Waals surface area contributed by atoms with E-state index in [0.717, 1.165) is 18.4 Å². The third-order valence-electron chi connectivity index (χ3n) is 4.11. The second-order valence-corrected chi connectivity index (χ2v) is 5.50. The normalized spacial score (nSPS) is 25.1. The molecule has 2 rings (SSSR count). The van der Waals surface area contributed by atoms with Crippen molar-refractivity contribution in [3.63, 3.8) is 0 Å². The molecule has 0 atom stereocenters. The van der Waals surface area contributed by atoms with Crippen molar-refractivity contribution in [1.29, 1.82) is 0 Å². The Balaban J connectivity index is 1.75. The minimum absolute atomic E-state index is 0.813. The summed E-state index contributed by atoms with van der Waals surface area (Å²) in [5.41, 5.74) is 1.40. The van der Waals surface area contributed by atoms with E-state index in [2.05, 4.69) is 36.0 Å². The van der Waals surface area contributed by atoms with Crippen LogP contribution in [0.4, 0.5) is 0 Å². The van der Waals surface area contributed by atoms with Gasteiger partial charge in [0.1, 0.15) is 0 Å². The largest absolute Gasteiger partial charge is 0.303 e. The predicted octanol–water partition coefficient (Wildman–Crippen LogP) is 3.13. The third kappa shape index (κ3) is 3.81. The van der Waals surface area contributed by atoms with Crippen LogP contribution in [0.25, 0.3) is 0 Å². The number of pyridine rings is 1. The lowest BCUT2D eigenvalue weighted by molar-refractivity contribution is 0.172. The number of hydrogen-bond donors (Lipinski definition) is 0. The van der Waals surface area contributed by atoms with Crippen LogP contribution in [0.2, 0.25) is 0 Å². The molecule has 0 N–H and O–H groups in total. The van der Waals surface area contributed by atoms with Crippen molar-refractivity contribution in [2.45, 2.75) is 45.1 Å². The number of hydrogen-bond acceptors (Lipinski definition) is 2. The van der Waals surface area contributed by atoms with Gasteiger partial charge in [0.05, 0.1) is 0 Å². The Labute approximate surface area is 105 Å². The highest BCUT2D eigenvalue weighted by Crippen LogP contribution is 2.26. The van der Waals surface area contributed by atoms with Crippen LogP contribution >= 0.6 is 0 Å². The first-order valence-corrected chi connectivity index (χ1v) is 6.85. The summed E-state index contributed by atoms with van der Waals surface area (Å²) in [6.45, 7) is 3.55. The van der Waals surface area contributed by atoms with E-state index < -0.39 is 0 Å². The van der Waals surface area contributed by atoms with Crippen LogP contribution in [-0.4, -0.2) is 29.5 Å². The van der Waals surface area contributed by atoms with Gasteiger partial charge in [-0.1, -0.05) is 6.92 Å². The van der Waals surface area contributed by atoms with Gasteiger partial charge in [0.25, 0.3) is 0 Å². The molecule has 1 aliphatic carbocycles. The Hall–Kier alpha value is -0.890. The molecule has 17 heavy (non-hydrogen) atoms. The zero-order valence-electron chi connectivity index (χ0n) is 11.1. The van der Waals surface area contributed by atoms with Crippen molar-refractivity contribution in [2.75, 3.05) is 13.6 Å². The Bertz CT molecular complexity index is 315. The maximum atomic E-state index is 4.06. The van der Waals surface area contributed by atoms with Crippen LogP contribution < -0.4 is 0 Å². The first-order chi connectivity index (χ1) is 8.25. The first kappa shape index (κ1) is 12.6. The standard InChI is InChI=1S/C15H24N2/c1-13-3-5-15(6-4-13)17(2)12-9-14-7-10-16-11-8-14/h7-8,10-11,13,15H,3-6,9,12H2,1-2H3. The van der Waals surface area contributed by atoms with E-state index in [9.17, 15) is 0 Å². The van der Waals surface area contributed by atoms with Crippen LogP contribution in [-0.2, 0) is 6.42 Å². The van der Waals surface area contributed by atoms with E-state index in [1.807, 2.05) is 12.4 Å². The average Bonchev–Trinajstić information content (AvgIpc) is 2.38. The van der Waals surface area contributed by atoms with Crippen LogP contribution in [0.5, 0.6) is 0 Å². The highest BCUT2D eigenvalue weighted by molar-refractivity contribution is 5.09. The lowest BCUT2D eigenvalue weighted by Gasteiger charge is -2.33. The van der Waals surface area contributed by atoms with Crippen LogP contribution in [0.3, 0.4) is 0 Å². The summed E-state index contributed by atoms with van der Waals surface area (Å²) in [5, 5.41) is 0. The molecule has 2 heteroatoms. The zero-order chi connectivity index (χ0) is 12.1. The highest BCUT2D eigenvalue weighted by atomic mass is 15.1. The van der Waals surface area contributed by atoms with Crippen LogP contribution in [0, 0.1) is 5.92 Å². The van der Waals surface area contributed by atoms with Gasteiger partial charge in [-0.15, -0.1) is 0 Å². The van der Waals surface area contributed by atoms with E-state index in [1.54, 1.807) is 0 Å². The lowest BCUT2D eigenvalue weighted by atomic mass is 9.86. The molecule has 94 valence electrons. The predicted molar refractivity (Wildman–Crippen MR) is 72.0 cm³/mol. The first-order valence-electron chi connectivity index (χ1n) is 6.85. The Morgan fingerprint density at radius 1 is 1.18 bits per heavy atom. The maximum Gasteiger partial charge on any atom is 0.0270 e. The van der Waals surface area contributed by atoms with E-state index >= 15 is 0 Å². The molecule has 1 fully saturated rings. The molecule has 1 aromatic rings. The average molecular weight is 232 g/mol. The van der Waals surface area contributed by atoms with E-state index in [4.69, 9.17) is 0 Å². The van der Waals surface area contributed by atoms with E-state index in [-0.39, 0.29) is 0 Å². The molecule has 0 spiro atoms. The molecule has 0 saturated heterocycles. The molecule has 0 radical (unpaired) electrons. The van der Waals surface area contributed by atoms with Gasteiger partial charge in [0.2, 0.25) is 0 Å². The molecule has 1 heterocycles. The molecular formula is C15H24N2. The lowest BCUT2D eigenvalue weighted by Crippen LogP contribution is -2.36. The summed E-state index contributed by atoms with van der Waals surface area (Å²) in [4.78, 5) is 6.60. The molecule has 0 aromatic carbocycles. The quantitative estimate of drug-likeness (QED) is 0.793. The second kappa shape index (κ2) is 6.15. The van der Waals surface area contributed by atoms with Gasteiger partial charge in [-0.05, 0) is 62.8 Å². The summed E-state index contributed by atoms with van der Waals surface area (Å²) in [5.74, 6) is 0.944. The van der Waals surface area contributed by atoms with Gasteiger partial charge in [0.15, 0.2) is 0 Å². The fraction of sp³-hybridized carbons (Fsp3) is 0.667. The molecule has 1 saturated carbocycles. The fourth-order valence-corrected chi connectivity index (χ4v) is 2.72. The fourth-order valence-electron chi connectivity index (χ4n) is 2.72. The van der Waals surface area contributed by atoms with Gasteiger partial charge in [-0.3, -0.25) is 4.98 Å². The SMILES string of the molecule is CC1CCC(N(C)CCc2ccncc2)CC1. The van der Waals surface area contributed by atoms with Crippen molar-refractivity contribution in [3.05, 3.63) is 30.1 Å². The monoisotopic (exact) mass is 232 g/mol. The van der Waals surface area contributed by atoms with E-state index in [0.29, 0.717) is 0 Å². The van der Waals surface area contributed by atoms with E-state index in [1.165, 1.54) is 37.8 Å². The molecule has 2 nitrogen and oxygen atoms in total. The van der Waals surface area contributed by atoms with Crippen molar-refractivity contribution < 1.29 is 0 Å². The van der Waals surface area contributed by atoms with Crippen LogP contribution in [0.1, 0.15) is 38.2 Å². The molecule has 0 unspecified atom stereocenters. The Morgan fingerprint density at radius 3 is 2.47 bits per heavy atom. The molecule has 0 aliphatic heterocycles. The molecule has 0 amide bonds. The summed E-state index contributed by atoms with van der Waals surface area (Å²) >= 11 is 0. The van der Waals surface area contributed by atoms with Crippen LogP contribution in [0.15, 0.2) is 24.5 Å². The van der Waals surface area contributed by atoms with Gasteiger partial charge < -0.3 is 4.90 Å². The van der Waals surface area contributed by atoms with Crippen molar-refractivity contribution in [1.82, 2.24) is 9.88 Å². The minimum atomic E-state index is 0.813. The van der Waals surface area contributed by atoms with Crippen molar-refractivity contribution >= 4 is 0 Å². The molecule has 1 aliphatic rings. The second-order valence-electron chi connectivity index (χ2n) is 5.50. The Kier molecular flexibility index (Phi) is 4.55. The Morgan fingerprint density at radius 2 is 1.82 bits per heavy atom. The molecule has 1 aromatic heterocycles. The molecule has 0 bridgehead atoms. The summed E-state index contributed by atoms with van der Waals surface area (Å²) < 4.78 is 0. The van der Waals surface area contributed by atoms with Gasteiger partial charge in [-0.2, -0.15) is 0 Å². The topological polar surface area (TPSA) is 16.1 Å². The number of rotatable bonds is 4. The maximum absolute atomic E-state index is 4.06. The summed E-state index contributed by atoms with van der Waals surface area (Å²) in [6, 6.07) is 5.06. The highest BCUT2D eigenvalue weighted by Gasteiger charge is 2.21. The van der Waals surface area contributed by atoms with Crippen molar-refractivity contribution in [3.8, 4) is 0 Å². The number of nitrogens with zero attached hydrogens (tertiary/aromatic N) is 2. The zero-order valence-corrected chi connectivity index (χ0v) is 11.1. The smallest absolute Gasteiger partial charge is 0.0270 e. The van der Waals surface area contributed by atoms with Gasteiger partial charge in [0, 0.05) is 25.0 Å². The minimum Gasteiger partial charge on any atom is -0.303 e. The van der Waals surface area contributed by atoms with Gasteiger partial charge in [-0.25, -0.2) is 0 Å².